The first-order valence-corrected chi connectivity index (χ1v) is 9.84. The summed E-state index contributed by atoms with van der Waals surface area (Å²) < 4.78 is 3.13. The molecule has 0 aliphatic heterocycles. The van der Waals surface area contributed by atoms with E-state index in [4.69, 9.17) is 11.6 Å². The second-order valence-corrected chi connectivity index (χ2v) is 7.72. The van der Waals surface area contributed by atoms with Gasteiger partial charge in [0.25, 0.3) is 0 Å². The van der Waals surface area contributed by atoms with Crippen molar-refractivity contribution in [3.05, 3.63) is 69.0 Å². The normalized spacial score (nSPS) is 11.1. The Morgan fingerprint density at radius 2 is 1.89 bits per heavy atom. The number of aryl methyl sites for hydroxylation is 2. The molecule has 2 heterocycles. The van der Waals surface area contributed by atoms with E-state index in [0.717, 1.165) is 21.6 Å². The fourth-order valence-corrected chi connectivity index (χ4v) is 4.24. The number of aromatic nitrogens is 3. The highest BCUT2D eigenvalue weighted by molar-refractivity contribution is 7.13. The quantitative estimate of drug-likeness (QED) is 0.553. The van der Waals surface area contributed by atoms with Gasteiger partial charge in [0.05, 0.1) is 28.2 Å². The number of halogens is 1. The zero-order valence-electron chi connectivity index (χ0n) is 15.3. The van der Waals surface area contributed by atoms with Gasteiger partial charge < -0.3 is 5.32 Å². The summed E-state index contributed by atoms with van der Waals surface area (Å²) in [6, 6.07) is 12.9. The van der Waals surface area contributed by atoms with Crippen molar-refractivity contribution < 1.29 is 4.79 Å². The van der Waals surface area contributed by atoms with Crippen LogP contribution in [-0.2, 0) is 25.3 Å². The van der Waals surface area contributed by atoms with Gasteiger partial charge in [-0.15, -0.1) is 11.3 Å². The minimum absolute atomic E-state index is 0.104. The Hall–Kier alpha value is -2.90. The summed E-state index contributed by atoms with van der Waals surface area (Å²) in [5.74, 6) is -0.170. The molecule has 0 aliphatic rings. The molecule has 0 fully saturated rings. The van der Waals surface area contributed by atoms with Crippen LogP contribution in [0.15, 0.2) is 52.6 Å². The third-order valence-electron chi connectivity index (χ3n) is 4.55. The minimum Gasteiger partial charge on any atom is -0.326 e. The number of fused-ring (bicyclic) bond motifs is 1. The molecule has 1 N–H and O–H groups in total. The number of imidazole rings is 1. The maximum Gasteiger partial charge on any atom is 0.328 e. The van der Waals surface area contributed by atoms with Crippen LogP contribution in [0.4, 0.5) is 5.69 Å². The molecule has 0 unspecified atom stereocenters. The molecule has 0 aliphatic carbocycles. The van der Waals surface area contributed by atoms with Crippen LogP contribution in [0.25, 0.3) is 21.6 Å². The summed E-state index contributed by atoms with van der Waals surface area (Å²) in [5, 5.41) is 6.16. The van der Waals surface area contributed by atoms with Gasteiger partial charge in [0.2, 0.25) is 5.91 Å². The number of hydrogen-bond donors (Lipinski definition) is 1. The molecule has 4 aromatic rings. The first-order chi connectivity index (χ1) is 13.4. The van der Waals surface area contributed by atoms with Crippen LogP contribution < -0.4 is 11.0 Å². The summed E-state index contributed by atoms with van der Waals surface area (Å²) >= 11 is 7.67. The molecule has 0 atom stereocenters. The first kappa shape index (κ1) is 18.5. The summed E-state index contributed by atoms with van der Waals surface area (Å²) in [7, 11) is 3.43. The Morgan fingerprint density at radius 1 is 1.14 bits per heavy atom. The number of amides is 1. The maximum absolute atomic E-state index is 12.4. The number of carbonyl (C=O) groups excluding carboxylic acids is 1. The highest BCUT2D eigenvalue weighted by Crippen LogP contribution is 2.30. The van der Waals surface area contributed by atoms with Crippen LogP contribution in [-0.4, -0.2) is 20.0 Å². The smallest absolute Gasteiger partial charge is 0.326 e. The number of carbonyl (C=O) groups is 1. The Balaban J connectivity index is 1.51. The average Bonchev–Trinajstić information content (AvgIpc) is 3.21. The third-order valence-corrected chi connectivity index (χ3v) is 5.81. The van der Waals surface area contributed by atoms with E-state index in [1.165, 1.54) is 11.3 Å². The van der Waals surface area contributed by atoms with E-state index in [9.17, 15) is 9.59 Å². The van der Waals surface area contributed by atoms with Gasteiger partial charge in [-0.05, 0) is 24.3 Å². The fraction of sp³-hybridized carbons (Fsp3) is 0.150. The molecular formula is C20H17ClN4O2S. The number of nitrogens with zero attached hydrogens (tertiary/aromatic N) is 3. The van der Waals surface area contributed by atoms with Crippen molar-refractivity contribution in [2.24, 2.45) is 14.1 Å². The molecule has 2 aromatic carbocycles. The molecule has 0 saturated heterocycles. The Morgan fingerprint density at radius 3 is 2.68 bits per heavy atom. The fourth-order valence-electron chi connectivity index (χ4n) is 3.10. The molecule has 2 aromatic heterocycles. The average molecular weight is 413 g/mol. The van der Waals surface area contributed by atoms with Gasteiger partial charge >= 0.3 is 5.69 Å². The van der Waals surface area contributed by atoms with Gasteiger partial charge in [-0.1, -0.05) is 29.8 Å². The third kappa shape index (κ3) is 3.34. The Labute approximate surface area is 170 Å². The number of benzene rings is 2. The summed E-state index contributed by atoms with van der Waals surface area (Å²) in [4.78, 5) is 29.0. The molecule has 8 heteroatoms. The molecule has 6 nitrogen and oxygen atoms in total. The maximum atomic E-state index is 12.4. The minimum atomic E-state index is -0.170. The van der Waals surface area contributed by atoms with Crippen LogP contribution >= 0.6 is 22.9 Å². The van der Waals surface area contributed by atoms with E-state index in [-0.39, 0.29) is 18.0 Å². The molecule has 1 amide bonds. The second-order valence-electron chi connectivity index (χ2n) is 6.45. The van der Waals surface area contributed by atoms with Gasteiger partial charge in [0.15, 0.2) is 0 Å². The van der Waals surface area contributed by atoms with Crippen LogP contribution in [0, 0.1) is 0 Å². The van der Waals surface area contributed by atoms with E-state index in [1.807, 2.05) is 35.7 Å². The van der Waals surface area contributed by atoms with Crippen molar-refractivity contribution in [2.75, 3.05) is 5.32 Å². The standard InChI is InChI=1S/C20H17ClN4O2S/c1-24-16-8-7-12(9-17(16)25(2)20(24)27)22-18(26)10-13-11-28-19(23-13)14-5-3-4-6-15(14)21/h3-9,11H,10H2,1-2H3,(H,22,26). The number of rotatable bonds is 4. The van der Waals surface area contributed by atoms with Gasteiger partial charge in [-0.25, -0.2) is 9.78 Å². The van der Waals surface area contributed by atoms with Gasteiger partial charge in [0.1, 0.15) is 5.01 Å². The zero-order chi connectivity index (χ0) is 19.8. The lowest BCUT2D eigenvalue weighted by atomic mass is 10.2. The van der Waals surface area contributed by atoms with E-state index in [0.29, 0.717) is 16.4 Å². The van der Waals surface area contributed by atoms with Crippen molar-refractivity contribution in [2.45, 2.75) is 6.42 Å². The summed E-state index contributed by atoms with van der Waals surface area (Å²) in [6.45, 7) is 0. The van der Waals surface area contributed by atoms with Crippen LogP contribution in [0.1, 0.15) is 5.69 Å². The SMILES string of the molecule is Cn1c(=O)n(C)c2cc(NC(=O)Cc3csc(-c4ccccc4Cl)n3)ccc21. The summed E-state index contributed by atoms with van der Waals surface area (Å²) in [6.07, 6.45) is 0.159. The lowest BCUT2D eigenvalue weighted by Gasteiger charge is -2.05. The van der Waals surface area contributed by atoms with Crippen molar-refractivity contribution in [1.29, 1.82) is 0 Å². The molecule has 0 bridgehead atoms. The highest BCUT2D eigenvalue weighted by Gasteiger charge is 2.13. The number of thiazole rings is 1. The Bertz CT molecular complexity index is 1250. The van der Waals surface area contributed by atoms with Crippen LogP contribution in [0.2, 0.25) is 5.02 Å². The molecular weight excluding hydrogens is 396 g/mol. The topological polar surface area (TPSA) is 68.9 Å². The van der Waals surface area contributed by atoms with Crippen molar-refractivity contribution >= 4 is 45.6 Å². The lowest BCUT2D eigenvalue weighted by Crippen LogP contribution is -2.19. The predicted octanol–water partition coefficient (Wildman–Crippen LogP) is 3.84. The van der Waals surface area contributed by atoms with Gasteiger partial charge in [-0.2, -0.15) is 0 Å². The summed E-state index contributed by atoms with van der Waals surface area (Å²) in [5.41, 5.74) is 3.66. The van der Waals surface area contributed by atoms with E-state index < -0.39 is 0 Å². The Kier molecular flexibility index (Phi) is 4.78. The lowest BCUT2D eigenvalue weighted by molar-refractivity contribution is -0.115. The number of hydrogen-bond acceptors (Lipinski definition) is 4. The molecule has 142 valence electrons. The molecule has 4 rings (SSSR count). The monoisotopic (exact) mass is 412 g/mol. The van der Waals surface area contributed by atoms with E-state index in [1.54, 1.807) is 35.4 Å². The van der Waals surface area contributed by atoms with Crippen LogP contribution in [0.5, 0.6) is 0 Å². The number of anilines is 1. The van der Waals surface area contributed by atoms with Gasteiger partial charge in [0, 0.05) is 30.7 Å². The molecule has 0 radical (unpaired) electrons. The highest BCUT2D eigenvalue weighted by atomic mass is 35.5. The molecule has 28 heavy (non-hydrogen) atoms. The largest absolute Gasteiger partial charge is 0.328 e. The molecule has 0 saturated carbocycles. The number of nitrogens with one attached hydrogen (secondary N) is 1. The van der Waals surface area contributed by atoms with E-state index in [2.05, 4.69) is 10.3 Å². The predicted molar refractivity (Wildman–Crippen MR) is 113 cm³/mol. The zero-order valence-corrected chi connectivity index (χ0v) is 16.8. The second kappa shape index (κ2) is 7.26. The van der Waals surface area contributed by atoms with Crippen molar-refractivity contribution in [3.63, 3.8) is 0 Å². The first-order valence-electron chi connectivity index (χ1n) is 8.58. The van der Waals surface area contributed by atoms with Crippen molar-refractivity contribution in [3.8, 4) is 10.6 Å². The van der Waals surface area contributed by atoms with Crippen LogP contribution in [0.3, 0.4) is 0 Å². The van der Waals surface area contributed by atoms with Gasteiger partial charge in [-0.3, -0.25) is 13.9 Å². The molecule has 0 spiro atoms. The van der Waals surface area contributed by atoms with E-state index >= 15 is 0 Å². The van der Waals surface area contributed by atoms with Crippen molar-refractivity contribution in [1.82, 2.24) is 14.1 Å².